The first-order valence-electron chi connectivity index (χ1n) is 9.57. The van der Waals surface area contributed by atoms with Gasteiger partial charge in [-0.15, -0.1) is 0 Å². The van der Waals surface area contributed by atoms with E-state index in [0.717, 1.165) is 51.9 Å². The van der Waals surface area contributed by atoms with Crippen LogP contribution in [0, 0.1) is 11.3 Å². The molecule has 0 aromatic heterocycles. The Balaban J connectivity index is 1.71. The highest BCUT2D eigenvalue weighted by atomic mass is 16.5. The van der Waals surface area contributed by atoms with Crippen molar-refractivity contribution in [2.24, 2.45) is 11.3 Å². The first kappa shape index (κ1) is 18.7. The van der Waals surface area contributed by atoms with E-state index in [1.54, 1.807) is 0 Å². The zero-order chi connectivity index (χ0) is 16.9. The molecule has 0 bridgehead atoms. The maximum atomic E-state index is 12.7. The van der Waals surface area contributed by atoms with Crippen LogP contribution in [0.1, 0.15) is 66.2 Å². The van der Waals surface area contributed by atoms with Gasteiger partial charge in [0.2, 0.25) is 5.91 Å². The van der Waals surface area contributed by atoms with Crippen molar-refractivity contribution in [2.75, 3.05) is 26.2 Å². The van der Waals surface area contributed by atoms with Crippen LogP contribution < -0.4 is 5.32 Å². The van der Waals surface area contributed by atoms with E-state index in [2.05, 4.69) is 37.9 Å². The average molecular weight is 325 g/mol. The molecule has 1 saturated heterocycles. The number of nitrogens with zero attached hydrogens (tertiary/aromatic N) is 1. The molecule has 1 aliphatic heterocycles. The summed E-state index contributed by atoms with van der Waals surface area (Å²) in [5.41, 5.74) is -0.0733. The second-order valence-corrected chi connectivity index (χ2v) is 8.21. The lowest BCUT2D eigenvalue weighted by Crippen LogP contribution is -2.46. The SMILES string of the molecule is CC(C)CC1(C(=O)NCCCN2CC(C)OC(C)C2)CCCC1. The molecular formula is C19H36N2O2. The third-order valence-corrected chi connectivity index (χ3v) is 5.27. The van der Waals surface area contributed by atoms with Crippen LogP contribution in [-0.4, -0.2) is 49.2 Å². The van der Waals surface area contributed by atoms with E-state index in [9.17, 15) is 4.79 Å². The fourth-order valence-corrected chi connectivity index (χ4v) is 4.52. The number of ether oxygens (including phenoxy) is 1. The van der Waals surface area contributed by atoms with Crippen LogP contribution in [-0.2, 0) is 9.53 Å². The molecule has 2 aliphatic rings. The van der Waals surface area contributed by atoms with E-state index in [1.165, 1.54) is 12.8 Å². The number of amides is 1. The van der Waals surface area contributed by atoms with Crippen molar-refractivity contribution in [3.8, 4) is 0 Å². The Labute approximate surface area is 142 Å². The van der Waals surface area contributed by atoms with Gasteiger partial charge >= 0.3 is 0 Å². The van der Waals surface area contributed by atoms with Crippen LogP contribution in [0.3, 0.4) is 0 Å². The van der Waals surface area contributed by atoms with Crippen LogP contribution in [0.15, 0.2) is 0 Å². The third-order valence-electron chi connectivity index (χ3n) is 5.27. The predicted octanol–water partition coefficient (Wildman–Crippen LogP) is 3.21. The van der Waals surface area contributed by atoms with Gasteiger partial charge in [-0.25, -0.2) is 0 Å². The summed E-state index contributed by atoms with van der Waals surface area (Å²) in [7, 11) is 0. The number of rotatable bonds is 7. The molecule has 4 nitrogen and oxygen atoms in total. The second kappa shape index (κ2) is 8.48. The Bertz CT molecular complexity index is 368. The zero-order valence-corrected chi connectivity index (χ0v) is 15.6. The lowest BCUT2D eigenvalue weighted by molar-refractivity contribution is -0.131. The van der Waals surface area contributed by atoms with E-state index in [-0.39, 0.29) is 5.41 Å². The molecule has 2 unspecified atom stereocenters. The molecule has 1 N–H and O–H groups in total. The molecule has 2 rings (SSSR count). The monoisotopic (exact) mass is 324 g/mol. The van der Waals surface area contributed by atoms with E-state index in [1.807, 2.05) is 0 Å². The minimum atomic E-state index is -0.0733. The van der Waals surface area contributed by atoms with Crippen molar-refractivity contribution in [3.05, 3.63) is 0 Å². The van der Waals surface area contributed by atoms with Gasteiger partial charge in [-0.3, -0.25) is 9.69 Å². The van der Waals surface area contributed by atoms with Crippen molar-refractivity contribution >= 4 is 5.91 Å². The van der Waals surface area contributed by atoms with Crippen molar-refractivity contribution in [2.45, 2.75) is 78.4 Å². The highest BCUT2D eigenvalue weighted by molar-refractivity contribution is 5.82. The molecule has 0 radical (unpaired) electrons. The van der Waals surface area contributed by atoms with E-state index in [4.69, 9.17) is 4.74 Å². The molecule has 1 saturated carbocycles. The number of hydrogen-bond donors (Lipinski definition) is 1. The maximum Gasteiger partial charge on any atom is 0.226 e. The number of hydrogen-bond acceptors (Lipinski definition) is 3. The van der Waals surface area contributed by atoms with Crippen LogP contribution >= 0.6 is 0 Å². The minimum absolute atomic E-state index is 0.0733. The van der Waals surface area contributed by atoms with Crippen molar-refractivity contribution in [3.63, 3.8) is 0 Å². The summed E-state index contributed by atoms with van der Waals surface area (Å²) in [6, 6.07) is 0. The lowest BCUT2D eigenvalue weighted by Gasteiger charge is -2.35. The van der Waals surface area contributed by atoms with Crippen molar-refractivity contribution < 1.29 is 9.53 Å². The number of morpholine rings is 1. The van der Waals surface area contributed by atoms with Crippen LogP contribution in [0.25, 0.3) is 0 Å². The van der Waals surface area contributed by atoms with E-state index >= 15 is 0 Å². The normalized spacial score (nSPS) is 28.2. The first-order chi connectivity index (χ1) is 10.9. The van der Waals surface area contributed by atoms with Gasteiger partial charge in [0.25, 0.3) is 0 Å². The molecule has 2 atom stereocenters. The van der Waals surface area contributed by atoms with Gasteiger partial charge < -0.3 is 10.1 Å². The summed E-state index contributed by atoms with van der Waals surface area (Å²) in [6.07, 6.45) is 7.29. The molecule has 2 fully saturated rings. The third kappa shape index (κ3) is 5.46. The van der Waals surface area contributed by atoms with Crippen LogP contribution in [0.5, 0.6) is 0 Å². The van der Waals surface area contributed by atoms with Gasteiger partial charge in [0, 0.05) is 31.6 Å². The highest BCUT2D eigenvalue weighted by Crippen LogP contribution is 2.43. The fourth-order valence-electron chi connectivity index (χ4n) is 4.52. The average Bonchev–Trinajstić information content (AvgIpc) is 2.91. The Kier molecular flexibility index (Phi) is 6.90. The summed E-state index contributed by atoms with van der Waals surface area (Å²) in [4.78, 5) is 15.2. The quantitative estimate of drug-likeness (QED) is 0.731. The largest absolute Gasteiger partial charge is 0.373 e. The van der Waals surface area contributed by atoms with Gasteiger partial charge in [-0.1, -0.05) is 26.7 Å². The molecule has 1 aliphatic carbocycles. The molecule has 0 aromatic carbocycles. The highest BCUT2D eigenvalue weighted by Gasteiger charge is 2.41. The number of carbonyl (C=O) groups excluding carboxylic acids is 1. The molecular weight excluding hydrogens is 288 g/mol. The molecule has 1 heterocycles. The summed E-state index contributed by atoms with van der Waals surface area (Å²) in [5, 5.41) is 3.24. The smallest absolute Gasteiger partial charge is 0.226 e. The lowest BCUT2D eigenvalue weighted by atomic mass is 9.77. The second-order valence-electron chi connectivity index (χ2n) is 8.21. The molecule has 134 valence electrons. The summed E-state index contributed by atoms with van der Waals surface area (Å²) < 4.78 is 5.77. The predicted molar refractivity (Wildman–Crippen MR) is 94.4 cm³/mol. The van der Waals surface area contributed by atoms with Crippen molar-refractivity contribution in [1.29, 1.82) is 0 Å². The molecule has 4 heteroatoms. The Morgan fingerprint density at radius 1 is 1.22 bits per heavy atom. The Morgan fingerprint density at radius 2 is 1.83 bits per heavy atom. The molecule has 23 heavy (non-hydrogen) atoms. The maximum absolute atomic E-state index is 12.7. The van der Waals surface area contributed by atoms with Crippen LogP contribution in [0.4, 0.5) is 0 Å². The zero-order valence-electron chi connectivity index (χ0n) is 15.6. The summed E-state index contributed by atoms with van der Waals surface area (Å²) in [6.45, 7) is 12.6. The summed E-state index contributed by atoms with van der Waals surface area (Å²) in [5.74, 6) is 0.905. The van der Waals surface area contributed by atoms with E-state index < -0.39 is 0 Å². The fraction of sp³-hybridized carbons (Fsp3) is 0.947. The van der Waals surface area contributed by atoms with Crippen LogP contribution in [0.2, 0.25) is 0 Å². The van der Waals surface area contributed by atoms with Crippen molar-refractivity contribution in [1.82, 2.24) is 10.2 Å². The number of nitrogens with one attached hydrogen (secondary N) is 1. The van der Waals surface area contributed by atoms with Gasteiger partial charge in [0.05, 0.1) is 12.2 Å². The van der Waals surface area contributed by atoms with Gasteiger partial charge in [-0.05, 0) is 45.4 Å². The molecule has 1 amide bonds. The number of carbonyl (C=O) groups is 1. The Morgan fingerprint density at radius 3 is 2.39 bits per heavy atom. The van der Waals surface area contributed by atoms with Gasteiger partial charge in [-0.2, -0.15) is 0 Å². The minimum Gasteiger partial charge on any atom is -0.373 e. The molecule has 0 aromatic rings. The van der Waals surface area contributed by atoms with E-state index in [0.29, 0.717) is 24.0 Å². The Hall–Kier alpha value is -0.610. The molecule has 0 spiro atoms. The first-order valence-corrected chi connectivity index (χ1v) is 9.57. The van der Waals surface area contributed by atoms with Gasteiger partial charge in [0.1, 0.15) is 0 Å². The topological polar surface area (TPSA) is 41.6 Å². The summed E-state index contributed by atoms with van der Waals surface area (Å²) >= 11 is 0. The van der Waals surface area contributed by atoms with Gasteiger partial charge in [0.15, 0.2) is 0 Å². The standard InChI is InChI=1S/C19H36N2O2/c1-15(2)12-19(8-5-6-9-19)18(22)20-10-7-11-21-13-16(3)23-17(4)14-21/h15-17H,5-14H2,1-4H3,(H,20,22).